The molecular formula is C17H18O5. The molecule has 116 valence electrons. The van der Waals surface area contributed by atoms with Gasteiger partial charge in [-0.15, -0.1) is 6.58 Å². The molecule has 22 heavy (non-hydrogen) atoms. The van der Waals surface area contributed by atoms with Crippen LogP contribution in [-0.4, -0.2) is 18.7 Å². The van der Waals surface area contributed by atoms with Crippen LogP contribution in [0.2, 0.25) is 0 Å². The van der Waals surface area contributed by atoms with E-state index < -0.39 is 17.7 Å². The Morgan fingerprint density at radius 2 is 2.18 bits per heavy atom. The normalized spacial score (nSPS) is 12.1. The van der Waals surface area contributed by atoms with Crippen molar-refractivity contribution >= 4 is 16.9 Å². The van der Waals surface area contributed by atoms with Crippen LogP contribution in [0.25, 0.3) is 11.0 Å². The third-order valence-corrected chi connectivity index (χ3v) is 3.16. The van der Waals surface area contributed by atoms with Crippen molar-refractivity contribution in [1.82, 2.24) is 0 Å². The summed E-state index contributed by atoms with van der Waals surface area (Å²) in [6, 6.07) is 6.35. The van der Waals surface area contributed by atoms with Gasteiger partial charge in [-0.3, -0.25) is 0 Å². The number of carbonyl (C=O) groups is 1. The third kappa shape index (κ3) is 3.83. The molecule has 1 atom stereocenters. The molecule has 0 N–H and O–H groups in total. The van der Waals surface area contributed by atoms with E-state index >= 15 is 0 Å². The van der Waals surface area contributed by atoms with Crippen molar-refractivity contribution < 1.29 is 18.7 Å². The number of esters is 1. The molecular weight excluding hydrogens is 284 g/mol. The second-order valence-corrected chi connectivity index (χ2v) is 4.92. The molecule has 0 saturated heterocycles. The van der Waals surface area contributed by atoms with Gasteiger partial charge in [0.15, 0.2) is 6.10 Å². The largest absolute Gasteiger partial charge is 0.424 e. The minimum atomic E-state index is -0.680. The van der Waals surface area contributed by atoms with Crippen LogP contribution < -0.4 is 10.4 Å². The fraction of sp³-hybridized carbons (Fsp3) is 0.294. The maximum absolute atomic E-state index is 11.9. The first-order chi connectivity index (χ1) is 10.5. The Balaban J connectivity index is 2.13. The van der Waals surface area contributed by atoms with Crippen molar-refractivity contribution in [3.05, 3.63) is 52.9 Å². The summed E-state index contributed by atoms with van der Waals surface area (Å²) in [5.74, 6) is -0.191. The van der Waals surface area contributed by atoms with Crippen molar-refractivity contribution in [2.24, 2.45) is 0 Å². The quantitative estimate of drug-likeness (QED) is 0.270. The molecule has 1 unspecified atom stereocenters. The van der Waals surface area contributed by atoms with E-state index in [1.807, 2.05) is 6.92 Å². The van der Waals surface area contributed by atoms with Gasteiger partial charge < -0.3 is 13.9 Å². The van der Waals surface area contributed by atoms with Crippen molar-refractivity contribution in [2.45, 2.75) is 26.4 Å². The van der Waals surface area contributed by atoms with E-state index in [9.17, 15) is 9.59 Å². The molecule has 2 rings (SSSR count). The molecule has 0 aliphatic rings. The Bertz CT molecular complexity index is 744. The van der Waals surface area contributed by atoms with Gasteiger partial charge in [-0.25, -0.2) is 9.59 Å². The standard InChI is InChI=1S/C17H18O5/c1-4-5-8-20-12(3)17(19)21-13-6-7-14-11(2)9-16(18)22-15(14)10-13/h4,6-7,9-10,12H,1,5,8H2,2-3H3. The summed E-state index contributed by atoms with van der Waals surface area (Å²) in [5, 5.41) is 0.801. The number of rotatable bonds is 6. The van der Waals surface area contributed by atoms with Gasteiger partial charge in [0.2, 0.25) is 0 Å². The zero-order valence-corrected chi connectivity index (χ0v) is 12.6. The molecule has 1 aromatic heterocycles. The Morgan fingerprint density at radius 3 is 2.91 bits per heavy atom. The average Bonchev–Trinajstić information content (AvgIpc) is 2.46. The number of hydrogen-bond donors (Lipinski definition) is 0. The zero-order chi connectivity index (χ0) is 16.1. The SMILES string of the molecule is C=CCCOC(C)C(=O)Oc1ccc2c(C)cc(=O)oc2c1. The van der Waals surface area contributed by atoms with E-state index in [2.05, 4.69) is 6.58 Å². The number of benzene rings is 1. The van der Waals surface area contributed by atoms with Gasteiger partial charge in [0, 0.05) is 17.5 Å². The molecule has 0 aliphatic carbocycles. The summed E-state index contributed by atoms with van der Waals surface area (Å²) in [7, 11) is 0. The van der Waals surface area contributed by atoms with Gasteiger partial charge >= 0.3 is 11.6 Å². The van der Waals surface area contributed by atoms with Crippen LogP contribution in [0.15, 0.2) is 46.1 Å². The summed E-state index contributed by atoms with van der Waals surface area (Å²) >= 11 is 0. The number of aryl methyl sites for hydroxylation is 1. The average molecular weight is 302 g/mol. The van der Waals surface area contributed by atoms with E-state index in [0.717, 1.165) is 10.9 Å². The smallest absolute Gasteiger partial charge is 0.340 e. The van der Waals surface area contributed by atoms with E-state index in [0.29, 0.717) is 24.4 Å². The van der Waals surface area contributed by atoms with Gasteiger partial charge in [-0.2, -0.15) is 0 Å². The van der Waals surface area contributed by atoms with E-state index in [4.69, 9.17) is 13.9 Å². The number of ether oxygens (including phenoxy) is 2. The molecule has 0 saturated carbocycles. The first-order valence-electron chi connectivity index (χ1n) is 7.00. The highest BCUT2D eigenvalue weighted by atomic mass is 16.6. The van der Waals surface area contributed by atoms with Crippen molar-refractivity contribution in [3.63, 3.8) is 0 Å². The van der Waals surface area contributed by atoms with Crippen LogP contribution in [-0.2, 0) is 9.53 Å². The van der Waals surface area contributed by atoms with E-state index in [1.165, 1.54) is 12.1 Å². The lowest BCUT2D eigenvalue weighted by Gasteiger charge is -2.12. The van der Waals surface area contributed by atoms with Crippen LogP contribution in [0.1, 0.15) is 18.9 Å². The second kappa shape index (κ2) is 7.04. The summed E-state index contributed by atoms with van der Waals surface area (Å²) in [6.45, 7) is 7.43. The third-order valence-electron chi connectivity index (χ3n) is 3.16. The van der Waals surface area contributed by atoms with Crippen molar-refractivity contribution in [2.75, 3.05) is 6.61 Å². The van der Waals surface area contributed by atoms with Gasteiger partial charge in [0.25, 0.3) is 0 Å². The van der Waals surface area contributed by atoms with Crippen LogP contribution in [0, 0.1) is 6.92 Å². The Labute approximate surface area is 128 Å². The molecule has 1 aromatic carbocycles. The Morgan fingerprint density at radius 1 is 1.41 bits per heavy atom. The lowest BCUT2D eigenvalue weighted by molar-refractivity contribution is -0.146. The highest BCUT2D eigenvalue weighted by molar-refractivity contribution is 5.83. The zero-order valence-electron chi connectivity index (χ0n) is 12.6. The molecule has 1 heterocycles. The van der Waals surface area contributed by atoms with E-state index in [-0.39, 0.29) is 0 Å². The lowest BCUT2D eigenvalue weighted by Crippen LogP contribution is -2.26. The molecule has 0 fully saturated rings. The summed E-state index contributed by atoms with van der Waals surface area (Å²) < 4.78 is 15.7. The van der Waals surface area contributed by atoms with Crippen molar-refractivity contribution in [3.8, 4) is 5.75 Å². The summed E-state index contributed by atoms with van der Waals surface area (Å²) in [5.41, 5.74) is 0.760. The predicted molar refractivity (Wildman–Crippen MR) is 83.1 cm³/mol. The monoisotopic (exact) mass is 302 g/mol. The minimum Gasteiger partial charge on any atom is -0.424 e. The van der Waals surface area contributed by atoms with Gasteiger partial charge in [0.1, 0.15) is 11.3 Å². The molecule has 5 heteroatoms. The maximum Gasteiger partial charge on any atom is 0.340 e. The summed E-state index contributed by atoms with van der Waals surface area (Å²) in [4.78, 5) is 23.3. The predicted octanol–water partition coefficient (Wildman–Crippen LogP) is 2.99. The summed E-state index contributed by atoms with van der Waals surface area (Å²) in [6.07, 6.45) is 1.70. The molecule has 0 radical (unpaired) electrons. The number of fused-ring (bicyclic) bond motifs is 1. The first kappa shape index (κ1) is 16.0. The number of carbonyl (C=O) groups excluding carboxylic acids is 1. The highest BCUT2D eigenvalue weighted by Gasteiger charge is 2.16. The molecule has 0 amide bonds. The maximum atomic E-state index is 11.9. The highest BCUT2D eigenvalue weighted by Crippen LogP contribution is 2.22. The van der Waals surface area contributed by atoms with Crippen LogP contribution in [0.5, 0.6) is 5.75 Å². The minimum absolute atomic E-state index is 0.311. The first-order valence-corrected chi connectivity index (χ1v) is 7.00. The van der Waals surface area contributed by atoms with Gasteiger partial charge in [-0.1, -0.05) is 6.08 Å². The van der Waals surface area contributed by atoms with Gasteiger partial charge in [-0.05, 0) is 38.0 Å². The topological polar surface area (TPSA) is 65.7 Å². The lowest BCUT2D eigenvalue weighted by atomic mass is 10.1. The second-order valence-electron chi connectivity index (χ2n) is 4.92. The molecule has 5 nitrogen and oxygen atoms in total. The van der Waals surface area contributed by atoms with Gasteiger partial charge in [0.05, 0.1) is 6.61 Å². The van der Waals surface area contributed by atoms with Crippen molar-refractivity contribution in [1.29, 1.82) is 0 Å². The fourth-order valence-electron chi connectivity index (χ4n) is 1.96. The van der Waals surface area contributed by atoms with Crippen LogP contribution >= 0.6 is 0 Å². The fourth-order valence-corrected chi connectivity index (χ4v) is 1.96. The number of hydrogen-bond acceptors (Lipinski definition) is 5. The van der Waals surface area contributed by atoms with Crippen LogP contribution in [0.3, 0.4) is 0 Å². The molecule has 0 bridgehead atoms. The molecule has 0 aliphatic heterocycles. The Hall–Kier alpha value is -2.40. The van der Waals surface area contributed by atoms with Crippen LogP contribution in [0.4, 0.5) is 0 Å². The van der Waals surface area contributed by atoms with E-state index in [1.54, 1.807) is 25.1 Å². The Kier molecular flexibility index (Phi) is 5.12. The molecule has 2 aromatic rings. The molecule has 0 spiro atoms.